The zero-order valence-electron chi connectivity index (χ0n) is 18.8. The van der Waals surface area contributed by atoms with Crippen molar-refractivity contribution in [1.82, 2.24) is 5.32 Å². The number of carbonyl (C=O) groups is 2. The highest BCUT2D eigenvalue weighted by Gasteiger charge is 2.70. The predicted molar refractivity (Wildman–Crippen MR) is 116 cm³/mol. The molecule has 8 unspecified atom stereocenters. The fourth-order valence-electron chi connectivity index (χ4n) is 7.62. The van der Waals surface area contributed by atoms with Crippen molar-refractivity contribution >= 4 is 23.2 Å². The number of fused-ring (bicyclic) bond motifs is 2. The Labute approximate surface area is 190 Å². The van der Waals surface area contributed by atoms with Gasteiger partial charge in [0, 0.05) is 38.5 Å². The molecular weight excluding hydrogens is 418 g/mol. The summed E-state index contributed by atoms with van der Waals surface area (Å²) < 4.78 is 17.8. The van der Waals surface area contributed by atoms with Crippen molar-refractivity contribution in [3.8, 4) is 0 Å². The molecule has 2 aliphatic heterocycles. The third kappa shape index (κ3) is 3.19. The van der Waals surface area contributed by atoms with Crippen LogP contribution in [-0.2, 0) is 23.8 Å². The fraction of sp³-hybridized carbons (Fsp3) is 0.917. The normalized spacial score (nSPS) is 50.6. The van der Waals surface area contributed by atoms with Crippen LogP contribution in [-0.4, -0.2) is 67.7 Å². The highest BCUT2D eigenvalue weighted by atomic mass is 35.5. The van der Waals surface area contributed by atoms with E-state index in [0.717, 1.165) is 13.0 Å². The summed E-state index contributed by atoms with van der Waals surface area (Å²) in [5.41, 5.74) is -1.39. The first-order valence-corrected chi connectivity index (χ1v) is 12.6. The van der Waals surface area contributed by atoms with Crippen LogP contribution in [0, 0.1) is 29.6 Å². The maximum absolute atomic E-state index is 14.2. The molecule has 5 fully saturated rings. The molecule has 10 atom stereocenters. The van der Waals surface area contributed by atoms with Gasteiger partial charge in [-0.25, -0.2) is 0 Å². The smallest absolute Gasteiger partial charge is 0.188 e. The largest absolute Gasteiger partial charge is 0.380 e. The summed E-state index contributed by atoms with van der Waals surface area (Å²) in [5, 5.41) is 3.16. The number of carbonyl (C=O) groups excluding carboxylic acids is 2. The lowest BCUT2D eigenvalue weighted by Gasteiger charge is -2.44. The molecule has 1 spiro atoms. The van der Waals surface area contributed by atoms with Gasteiger partial charge in [0.25, 0.3) is 0 Å². The van der Waals surface area contributed by atoms with Crippen molar-refractivity contribution in [3.63, 3.8) is 0 Å². The molecule has 31 heavy (non-hydrogen) atoms. The summed E-state index contributed by atoms with van der Waals surface area (Å²) >= 11 is 6.75. The van der Waals surface area contributed by atoms with Crippen LogP contribution in [0.2, 0.25) is 0 Å². The molecule has 2 heterocycles. The van der Waals surface area contributed by atoms with E-state index in [9.17, 15) is 9.59 Å². The van der Waals surface area contributed by atoms with Crippen LogP contribution in [0.25, 0.3) is 0 Å². The van der Waals surface area contributed by atoms with E-state index in [-0.39, 0.29) is 41.7 Å². The average molecular weight is 454 g/mol. The molecule has 174 valence electrons. The van der Waals surface area contributed by atoms with Gasteiger partial charge in [-0.2, -0.15) is 0 Å². The second-order valence-corrected chi connectivity index (χ2v) is 11.0. The summed E-state index contributed by atoms with van der Waals surface area (Å²) in [4.78, 5) is 28.2. The molecule has 3 aliphatic carbocycles. The van der Waals surface area contributed by atoms with Gasteiger partial charge in [0.1, 0.15) is 0 Å². The fourth-order valence-corrected chi connectivity index (χ4v) is 8.03. The van der Waals surface area contributed by atoms with Crippen molar-refractivity contribution in [1.29, 1.82) is 0 Å². The highest BCUT2D eigenvalue weighted by molar-refractivity contribution is 6.23. The van der Waals surface area contributed by atoms with Crippen LogP contribution < -0.4 is 5.32 Å². The van der Waals surface area contributed by atoms with Crippen LogP contribution in [0.15, 0.2) is 0 Å². The maximum atomic E-state index is 14.2. The van der Waals surface area contributed by atoms with Gasteiger partial charge in [-0.1, -0.05) is 39.0 Å². The monoisotopic (exact) mass is 453 g/mol. The van der Waals surface area contributed by atoms with Gasteiger partial charge in [0.05, 0.1) is 29.6 Å². The zero-order valence-corrected chi connectivity index (χ0v) is 19.6. The van der Waals surface area contributed by atoms with E-state index in [4.69, 9.17) is 25.8 Å². The van der Waals surface area contributed by atoms with E-state index in [0.29, 0.717) is 18.3 Å². The lowest BCUT2D eigenvalue weighted by atomic mass is 9.61. The predicted octanol–water partition coefficient (Wildman–Crippen LogP) is 2.74. The molecule has 5 rings (SSSR count). The minimum Gasteiger partial charge on any atom is -0.380 e. The number of hydrogen-bond donors (Lipinski definition) is 1. The summed E-state index contributed by atoms with van der Waals surface area (Å²) in [6, 6.07) is 0.149. The second kappa shape index (κ2) is 8.35. The number of Topliss-reactive ketones (excluding diaryl/α,β-unsaturated/α-hetero) is 2. The molecule has 0 aromatic rings. The Morgan fingerprint density at radius 1 is 1.00 bits per heavy atom. The average Bonchev–Trinajstić information content (AvgIpc) is 3.34. The van der Waals surface area contributed by atoms with E-state index in [1.165, 1.54) is 32.1 Å². The van der Waals surface area contributed by atoms with Crippen molar-refractivity contribution < 1.29 is 23.8 Å². The van der Waals surface area contributed by atoms with Gasteiger partial charge in [0.2, 0.25) is 0 Å². The summed E-state index contributed by atoms with van der Waals surface area (Å²) in [7, 11) is 3.24. The Kier molecular flexibility index (Phi) is 6.00. The standard InChI is InChI=1S/C24H36ClNO5/c1-12-9-15-18(14(11-26-15)13-7-5-4-6-8-13)22(27)24(12)23(28)19-16(29-2)10-17(30-3)20(25)21(19)31-24/h12-21,26H,4-11H2,1-3H3/t12-,14?,15?,16?,17?,18?,19?,20?,21?,24+/m1/s1. The van der Waals surface area contributed by atoms with E-state index in [1.54, 1.807) is 14.2 Å². The number of nitrogens with one attached hydrogen (secondary N) is 1. The lowest BCUT2D eigenvalue weighted by molar-refractivity contribution is -0.171. The Morgan fingerprint density at radius 3 is 2.35 bits per heavy atom. The molecular formula is C24H36ClNO5. The van der Waals surface area contributed by atoms with Gasteiger partial charge in [0.15, 0.2) is 17.2 Å². The molecule has 5 aliphatic rings. The summed E-state index contributed by atoms with van der Waals surface area (Å²) in [5.74, 6) is -0.0634. The van der Waals surface area contributed by atoms with E-state index in [1.807, 2.05) is 6.92 Å². The Balaban J connectivity index is 1.48. The van der Waals surface area contributed by atoms with Crippen LogP contribution in [0.4, 0.5) is 0 Å². The minimum absolute atomic E-state index is 0.00362. The molecule has 0 aromatic heterocycles. The van der Waals surface area contributed by atoms with E-state index in [2.05, 4.69) is 5.32 Å². The number of ether oxygens (including phenoxy) is 3. The number of methoxy groups -OCH3 is 2. The molecule has 0 amide bonds. The quantitative estimate of drug-likeness (QED) is 0.523. The molecule has 0 aromatic carbocycles. The number of hydrogen-bond acceptors (Lipinski definition) is 6. The van der Waals surface area contributed by atoms with E-state index >= 15 is 0 Å². The SMILES string of the molecule is COC1CC(OC)C2C(=O)[C@@]3(OC2C1Cl)C(=O)C1C(C[C@H]3C)NCC1C1CCCCC1. The molecule has 3 saturated carbocycles. The number of halogens is 1. The molecule has 7 heteroatoms. The van der Waals surface area contributed by atoms with Gasteiger partial charge < -0.3 is 19.5 Å². The van der Waals surface area contributed by atoms with Gasteiger partial charge in [-0.05, 0) is 24.8 Å². The molecule has 0 radical (unpaired) electrons. The molecule has 6 nitrogen and oxygen atoms in total. The first-order chi connectivity index (χ1) is 14.9. The van der Waals surface area contributed by atoms with Crippen LogP contribution in [0.5, 0.6) is 0 Å². The highest BCUT2D eigenvalue weighted by Crippen LogP contribution is 2.53. The maximum Gasteiger partial charge on any atom is 0.188 e. The van der Waals surface area contributed by atoms with Crippen molar-refractivity contribution in [3.05, 3.63) is 0 Å². The summed E-state index contributed by atoms with van der Waals surface area (Å²) in [6.07, 6.45) is 6.32. The Morgan fingerprint density at radius 2 is 1.68 bits per heavy atom. The van der Waals surface area contributed by atoms with E-state index < -0.39 is 23.0 Å². The molecule has 1 N–H and O–H groups in total. The van der Waals surface area contributed by atoms with Crippen molar-refractivity contribution in [2.75, 3.05) is 20.8 Å². The summed E-state index contributed by atoms with van der Waals surface area (Å²) in [6.45, 7) is 2.87. The Bertz CT molecular complexity index is 727. The zero-order chi connectivity index (χ0) is 21.9. The second-order valence-electron chi connectivity index (χ2n) is 10.5. The number of alkyl halides is 1. The third-order valence-corrected chi connectivity index (χ3v) is 9.75. The van der Waals surface area contributed by atoms with Gasteiger partial charge in [-0.15, -0.1) is 11.6 Å². The Hall–Kier alpha value is -0.530. The van der Waals surface area contributed by atoms with Crippen LogP contribution in [0.3, 0.4) is 0 Å². The molecule has 2 saturated heterocycles. The van der Waals surface area contributed by atoms with Crippen molar-refractivity contribution in [2.45, 2.75) is 87.2 Å². The van der Waals surface area contributed by atoms with Crippen LogP contribution >= 0.6 is 11.6 Å². The van der Waals surface area contributed by atoms with Crippen LogP contribution in [0.1, 0.15) is 51.9 Å². The van der Waals surface area contributed by atoms with Crippen molar-refractivity contribution in [2.24, 2.45) is 29.6 Å². The minimum atomic E-state index is -1.39. The van der Waals surface area contributed by atoms with Gasteiger partial charge >= 0.3 is 0 Å². The topological polar surface area (TPSA) is 73.9 Å². The first kappa shape index (κ1) is 22.3. The molecule has 0 bridgehead atoms. The van der Waals surface area contributed by atoms with Gasteiger partial charge in [-0.3, -0.25) is 9.59 Å². The number of ketones is 2. The lowest BCUT2D eigenvalue weighted by Crippen LogP contribution is -2.61. The third-order valence-electron chi connectivity index (χ3n) is 9.22. The first-order valence-electron chi connectivity index (χ1n) is 12.1. The number of rotatable bonds is 3.